The second-order valence-electron chi connectivity index (χ2n) is 7.10. The minimum Gasteiger partial charge on any atom is -0.450 e. The lowest BCUT2D eigenvalue weighted by molar-refractivity contribution is -0.125. The number of nitrogens with zero attached hydrogens (tertiary/aromatic N) is 2. The minimum absolute atomic E-state index is 0.00843. The summed E-state index contributed by atoms with van der Waals surface area (Å²) in [6, 6.07) is 10.7. The number of hydrogen-bond donors (Lipinski definition) is 0. The van der Waals surface area contributed by atoms with Gasteiger partial charge in [0.2, 0.25) is 5.76 Å². The molecule has 146 valence electrons. The van der Waals surface area contributed by atoms with E-state index in [-0.39, 0.29) is 34.7 Å². The molecule has 1 atom stereocenters. The summed E-state index contributed by atoms with van der Waals surface area (Å²) < 4.78 is 19.6. The molecule has 3 aromatic rings. The van der Waals surface area contributed by atoms with Crippen molar-refractivity contribution in [3.8, 4) is 0 Å². The van der Waals surface area contributed by atoms with Crippen molar-refractivity contribution in [2.45, 2.75) is 19.4 Å². The van der Waals surface area contributed by atoms with Crippen LogP contribution in [0.15, 0.2) is 51.7 Å². The van der Waals surface area contributed by atoms with Gasteiger partial charge in [0.15, 0.2) is 11.0 Å². The number of likely N-dealkylation sites (N-methyl/N-ethyl adjacent to an activating group) is 2. The third kappa shape index (κ3) is 1.92. The smallest absolute Gasteiger partial charge is 0.291 e. The molecule has 6 nitrogen and oxygen atoms in total. The first-order valence-corrected chi connectivity index (χ1v) is 9.47. The van der Waals surface area contributed by atoms with Gasteiger partial charge in [0, 0.05) is 18.7 Å². The fraction of sp³-hybridized carbons (Fsp3) is 0.227. The molecule has 0 radical (unpaired) electrons. The van der Waals surface area contributed by atoms with Gasteiger partial charge in [-0.05, 0) is 38.1 Å². The average molecular weight is 392 g/mol. The van der Waals surface area contributed by atoms with E-state index in [1.165, 1.54) is 17.0 Å². The van der Waals surface area contributed by atoms with Crippen LogP contribution in [0.25, 0.3) is 11.0 Å². The summed E-state index contributed by atoms with van der Waals surface area (Å²) in [5.74, 6) is -1.65. The molecule has 0 saturated heterocycles. The predicted octanol–water partition coefficient (Wildman–Crippen LogP) is 3.02. The summed E-state index contributed by atoms with van der Waals surface area (Å²) in [6.07, 6.45) is 0. The number of rotatable bonds is 2. The molecular weight excluding hydrogens is 375 g/mol. The second-order valence-corrected chi connectivity index (χ2v) is 7.10. The largest absolute Gasteiger partial charge is 0.450 e. The lowest BCUT2D eigenvalue weighted by Crippen LogP contribution is -2.53. The molecule has 0 bridgehead atoms. The SMILES string of the molecule is CCN1C(=O)[C@]2(c3ccccc31)c1c(oc3ccc(F)cc3c1=O)C(=O)N2CC. The van der Waals surface area contributed by atoms with Crippen LogP contribution in [0.2, 0.25) is 0 Å². The van der Waals surface area contributed by atoms with Gasteiger partial charge in [-0.15, -0.1) is 0 Å². The molecule has 2 aliphatic rings. The van der Waals surface area contributed by atoms with Gasteiger partial charge in [0.25, 0.3) is 11.8 Å². The summed E-state index contributed by atoms with van der Waals surface area (Å²) in [6.45, 7) is 4.16. The van der Waals surface area contributed by atoms with Gasteiger partial charge in [0.05, 0.1) is 16.6 Å². The van der Waals surface area contributed by atoms with Crippen molar-refractivity contribution in [2.24, 2.45) is 0 Å². The number of anilines is 1. The Morgan fingerprint density at radius 2 is 1.79 bits per heavy atom. The number of carbonyl (C=O) groups excluding carboxylic acids is 2. The van der Waals surface area contributed by atoms with Gasteiger partial charge in [-0.25, -0.2) is 4.39 Å². The summed E-state index contributed by atoms with van der Waals surface area (Å²) in [4.78, 5) is 43.4. The number of benzene rings is 2. The minimum atomic E-state index is -1.60. The van der Waals surface area contributed by atoms with Gasteiger partial charge in [-0.3, -0.25) is 14.4 Å². The van der Waals surface area contributed by atoms with Crippen LogP contribution in [0, 0.1) is 5.82 Å². The Morgan fingerprint density at radius 1 is 1.03 bits per heavy atom. The van der Waals surface area contributed by atoms with Gasteiger partial charge >= 0.3 is 0 Å². The second kappa shape index (κ2) is 5.76. The fourth-order valence-electron chi connectivity index (χ4n) is 4.69. The molecule has 2 amide bonds. The Hall–Kier alpha value is -3.48. The molecule has 29 heavy (non-hydrogen) atoms. The number of para-hydroxylation sites is 1. The van der Waals surface area contributed by atoms with Crippen molar-refractivity contribution in [3.63, 3.8) is 0 Å². The molecule has 2 aromatic carbocycles. The molecule has 5 rings (SSSR count). The van der Waals surface area contributed by atoms with Gasteiger partial charge < -0.3 is 14.2 Å². The fourth-order valence-corrected chi connectivity index (χ4v) is 4.69. The van der Waals surface area contributed by atoms with Crippen LogP contribution >= 0.6 is 0 Å². The Kier molecular flexibility index (Phi) is 3.50. The van der Waals surface area contributed by atoms with Crippen molar-refractivity contribution in [1.82, 2.24) is 4.90 Å². The van der Waals surface area contributed by atoms with Crippen LogP contribution in [0.1, 0.15) is 35.5 Å². The van der Waals surface area contributed by atoms with E-state index in [1.807, 2.05) is 6.92 Å². The van der Waals surface area contributed by atoms with Crippen molar-refractivity contribution in [2.75, 3.05) is 18.0 Å². The molecular formula is C22H17FN2O4. The average Bonchev–Trinajstić information content (AvgIpc) is 3.12. The quantitative estimate of drug-likeness (QED) is 0.672. The Labute approximate surface area is 165 Å². The zero-order chi connectivity index (χ0) is 20.5. The molecule has 1 spiro atoms. The van der Waals surface area contributed by atoms with E-state index in [0.717, 1.165) is 6.07 Å². The Morgan fingerprint density at radius 3 is 2.52 bits per heavy atom. The first-order chi connectivity index (χ1) is 14.0. The highest BCUT2D eigenvalue weighted by Gasteiger charge is 2.64. The summed E-state index contributed by atoms with van der Waals surface area (Å²) in [7, 11) is 0. The predicted molar refractivity (Wildman–Crippen MR) is 104 cm³/mol. The van der Waals surface area contributed by atoms with Gasteiger partial charge in [0.1, 0.15) is 11.4 Å². The van der Waals surface area contributed by atoms with Crippen LogP contribution in [-0.2, 0) is 10.3 Å². The maximum absolute atomic E-state index is 13.9. The van der Waals surface area contributed by atoms with Crippen LogP contribution in [0.3, 0.4) is 0 Å². The molecule has 7 heteroatoms. The van der Waals surface area contributed by atoms with E-state index in [4.69, 9.17) is 4.42 Å². The van der Waals surface area contributed by atoms with Crippen LogP contribution in [0.4, 0.5) is 10.1 Å². The van der Waals surface area contributed by atoms with E-state index in [2.05, 4.69) is 0 Å². The van der Waals surface area contributed by atoms with E-state index in [1.54, 1.807) is 36.1 Å². The molecule has 0 aliphatic carbocycles. The maximum atomic E-state index is 13.9. The standard InChI is InChI=1S/C22H17FN2O4/c1-3-24-15-8-6-5-7-14(15)22(21(24)28)17-18(26)13-11-12(23)9-10-16(13)29-19(17)20(27)25(22)4-2/h5-11H,3-4H2,1-2H3/t22-/m0/s1. The first kappa shape index (κ1) is 17.6. The number of hydrogen-bond acceptors (Lipinski definition) is 4. The molecule has 0 unspecified atom stereocenters. The van der Waals surface area contributed by atoms with E-state index < -0.39 is 22.7 Å². The zero-order valence-electron chi connectivity index (χ0n) is 15.9. The highest BCUT2D eigenvalue weighted by Crippen LogP contribution is 2.52. The van der Waals surface area contributed by atoms with E-state index in [0.29, 0.717) is 17.8 Å². The van der Waals surface area contributed by atoms with E-state index >= 15 is 0 Å². The van der Waals surface area contributed by atoms with E-state index in [9.17, 15) is 18.8 Å². The topological polar surface area (TPSA) is 70.8 Å². The lowest BCUT2D eigenvalue weighted by Gasteiger charge is -2.33. The number of halogens is 1. The molecule has 0 N–H and O–H groups in total. The van der Waals surface area contributed by atoms with Crippen molar-refractivity contribution in [1.29, 1.82) is 0 Å². The summed E-state index contributed by atoms with van der Waals surface area (Å²) in [5.41, 5.74) is -0.874. The third-order valence-corrected chi connectivity index (χ3v) is 5.83. The highest BCUT2D eigenvalue weighted by molar-refractivity contribution is 6.17. The highest BCUT2D eigenvalue weighted by atomic mass is 19.1. The molecule has 1 aromatic heterocycles. The first-order valence-electron chi connectivity index (χ1n) is 9.47. The van der Waals surface area contributed by atoms with Crippen molar-refractivity contribution >= 4 is 28.5 Å². The molecule has 0 saturated carbocycles. The van der Waals surface area contributed by atoms with Crippen LogP contribution in [0.5, 0.6) is 0 Å². The summed E-state index contributed by atoms with van der Waals surface area (Å²) >= 11 is 0. The van der Waals surface area contributed by atoms with Crippen LogP contribution < -0.4 is 10.3 Å². The lowest BCUT2D eigenvalue weighted by atomic mass is 9.84. The van der Waals surface area contributed by atoms with Crippen LogP contribution in [-0.4, -0.2) is 29.8 Å². The molecule has 2 aliphatic heterocycles. The number of fused-ring (bicyclic) bond motifs is 5. The summed E-state index contributed by atoms with van der Waals surface area (Å²) in [5, 5.41) is 0.00843. The zero-order valence-corrected chi connectivity index (χ0v) is 15.9. The number of amides is 2. The molecule has 0 fully saturated rings. The van der Waals surface area contributed by atoms with Gasteiger partial charge in [-0.1, -0.05) is 18.2 Å². The third-order valence-electron chi connectivity index (χ3n) is 5.83. The Bertz CT molecular complexity index is 1280. The Balaban J connectivity index is 1.97. The maximum Gasteiger partial charge on any atom is 0.291 e. The molecule has 3 heterocycles. The van der Waals surface area contributed by atoms with Crippen molar-refractivity contribution in [3.05, 3.63) is 75.4 Å². The van der Waals surface area contributed by atoms with Gasteiger partial charge in [-0.2, -0.15) is 0 Å². The normalized spacial score (nSPS) is 20.1. The monoisotopic (exact) mass is 392 g/mol. The van der Waals surface area contributed by atoms with Crippen molar-refractivity contribution < 1.29 is 18.4 Å². The number of carbonyl (C=O) groups is 2.